The van der Waals surface area contributed by atoms with E-state index >= 15 is 0 Å². The van der Waals surface area contributed by atoms with Crippen molar-refractivity contribution in [3.05, 3.63) is 139 Å². The van der Waals surface area contributed by atoms with Gasteiger partial charge in [0.05, 0.1) is 45.6 Å². The van der Waals surface area contributed by atoms with Gasteiger partial charge in [0, 0.05) is 44.1 Å². The SMILES string of the molecule is CCCCCC1=C(C)c2cc3[nH]c(cc4nc(cc5[nH]c(cc1n2)c(C)c5CCCC)C(C)=C4CCCCC)c(C)c3CCNC.CCCCCC1=C(C)c2cc3[nH]c(cc4nc(cc5[nH]c(cc1n2)c(C)c5CCN)C(C)=C4CCCCC)c(C)c3CCCC. The molecule has 4 aliphatic heterocycles. The molecule has 0 aromatic carbocycles. The summed E-state index contributed by atoms with van der Waals surface area (Å²) in [4.78, 5) is 36.7. The average Bonchev–Trinajstić information content (AvgIpc) is 1.97. The Morgan fingerprint density at radius 3 is 0.780 bits per heavy atom. The third-order valence-corrected chi connectivity index (χ3v) is 20.3. The Balaban J connectivity index is 0.000000215. The lowest BCUT2D eigenvalue weighted by Gasteiger charge is -2.04. The van der Waals surface area contributed by atoms with Gasteiger partial charge in [-0.25, -0.2) is 19.9 Å². The van der Waals surface area contributed by atoms with E-state index in [1.165, 1.54) is 219 Å². The molecule has 7 N–H and O–H groups in total. The van der Waals surface area contributed by atoms with Crippen LogP contribution in [0.25, 0.3) is 88.7 Å². The number of fused-ring (bicyclic) bond motifs is 16. The lowest BCUT2D eigenvalue weighted by atomic mass is 9.98. The Bertz CT molecular complexity index is 3930. The summed E-state index contributed by atoms with van der Waals surface area (Å²) in [5.74, 6) is 0. The molecule has 486 valence electrons. The zero-order valence-electron chi connectivity index (χ0n) is 58.9. The summed E-state index contributed by atoms with van der Waals surface area (Å²) < 4.78 is 0. The highest BCUT2D eigenvalue weighted by Gasteiger charge is 2.24. The van der Waals surface area contributed by atoms with Crippen LogP contribution in [0.3, 0.4) is 0 Å². The fraction of sp³-hybridized carbons (Fsp3) is 0.506. The summed E-state index contributed by atoms with van der Waals surface area (Å²) in [5, 5.41) is 3.37. The quantitative estimate of drug-likeness (QED) is 0.0283. The van der Waals surface area contributed by atoms with Crippen molar-refractivity contribution in [1.29, 1.82) is 0 Å². The highest BCUT2D eigenvalue weighted by molar-refractivity contribution is 5.97. The van der Waals surface area contributed by atoms with E-state index in [4.69, 9.17) is 25.7 Å². The van der Waals surface area contributed by atoms with Crippen molar-refractivity contribution >= 4 is 88.7 Å². The molecule has 6 aromatic rings. The number of hydrogen-bond acceptors (Lipinski definition) is 6. The standard InChI is InChI=1S/C41H57N5.C40H55N5/c1-9-12-15-18-31-27(5)35-22-38-30(17-14-11-3)26(4)34(43-38)23-39-32(19-16-13-10-2)28(6)36(45-39)25-41-33(20-21-42-8)29(7)37(46-41)24-40(31)44-35;1-8-11-14-17-30-26(5)34-21-37-29(16-13-10-3)25(4)33(42-37)22-38-31(18-15-12-9-2)27(6)35(44-38)24-40-32(19-20-41)28(7)36(45-40)23-39(30)43-34/h22-25,42-43,46H,9-21H2,1-8H3;21-24,42,45H,8-20,41H2,1-7H3. The Morgan fingerprint density at radius 2 is 0.538 bits per heavy atom. The molecule has 6 aromatic heterocycles. The van der Waals surface area contributed by atoms with Crippen LogP contribution < -0.4 is 11.1 Å². The number of nitrogens with two attached hydrogens (primary N) is 1. The van der Waals surface area contributed by atoms with Crippen molar-refractivity contribution in [3.63, 3.8) is 0 Å². The van der Waals surface area contributed by atoms with Crippen molar-refractivity contribution in [3.8, 4) is 0 Å². The molecule has 0 atom stereocenters. The van der Waals surface area contributed by atoms with Gasteiger partial charge in [-0.15, -0.1) is 0 Å². The Morgan fingerprint density at radius 1 is 0.297 bits per heavy atom. The number of allylic oxidation sites excluding steroid dienone is 8. The fourth-order valence-electron chi connectivity index (χ4n) is 14.3. The lowest BCUT2D eigenvalue weighted by Crippen LogP contribution is -2.10. The first-order valence-corrected chi connectivity index (χ1v) is 35.7. The molecule has 0 unspecified atom stereocenters. The molecule has 91 heavy (non-hydrogen) atoms. The molecule has 0 saturated heterocycles. The lowest BCUT2D eigenvalue weighted by molar-refractivity contribution is 0.735. The summed E-state index contributed by atoms with van der Waals surface area (Å²) in [6.07, 6.45) is 27.3. The van der Waals surface area contributed by atoms with Crippen LogP contribution in [0.1, 0.15) is 288 Å². The van der Waals surface area contributed by atoms with Crippen LogP contribution in [0.15, 0.2) is 48.5 Å². The molecule has 0 aliphatic carbocycles. The molecule has 16 bridgehead atoms. The van der Waals surface area contributed by atoms with Crippen LogP contribution in [0.2, 0.25) is 0 Å². The van der Waals surface area contributed by atoms with E-state index in [1.807, 2.05) is 7.05 Å². The predicted molar refractivity (Wildman–Crippen MR) is 395 cm³/mol. The van der Waals surface area contributed by atoms with Crippen LogP contribution in [-0.2, 0) is 25.7 Å². The van der Waals surface area contributed by atoms with Crippen LogP contribution in [0, 0.1) is 27.7 Å². The maximum absolute atomic E-state index is 6.16. The summed E-state index contributed by atoms with van der Waals surface area (Å²) in [6, 6.07) is 18.5. The van der Waals surface area contributed by atoms with Crippen molar-refractivity contribution in [2.45, 2.75) is 251 Å². The molecule has 0 spiro atoms. The third-order valence-electron chi connectivity index (χ3n) is 20.3. The second-order valence-corrected chi connectivity index (χ2v) is 26.7. The number of nitrogens with one attached hydrogen (secondary N) is 5. The van der Waals surface area contributed by atoms with Gasteiger partial charge in [-0.3, -0.25) is 0 Å². The predicted octanol–water partition coefficient (Wildman–Crippen LogP) is 21.9. The maximum atomic E-state index is 6.16. The van der Waals surface area contributed by atoms with E-state index in [2.05, 4.69) is 171 Å². The monoisotopic (exact) mass is 1220 g/mol. The highest BCUT2D eigenvalue weighted by Crippen LogP contribution is 2.41. The van der Waals surface area contributed by atoms with Crippen molar-refractivity contribution in [2.24, 2.45) is 5.73 Å². The summed E-state index contributed by atoms with van der Waals surface area (Å²) in [6.45, 7) is 33.3. The maximum Gasteiger partial charge on any atom is 0.0693 e. The molecule has 0 radical (unpaired) electrons. The summed E-state index contributed by atoms with van der Waals surface area (Å²) in [7, 11) is 2.03. The largest absolute Gasteiger partial charge is 0.355 e. The first-order chi connectivity index (χ1) is 44.1. The van der Waals surface area contributed by atoms with Crippen LogP contribution in [0.4, 0.5) is 0 Å². The van der Waals surface area contributed by atoms with E-state index in [0.29, 0.717) is 6.54 Å². The second kappa shape index (κ2) is 32.1. The van der Waals surface area contributed by atoms with Gasteiger partial charge in [0.1, 0.15) is 0 Å². The first-order valence-electron chi connectivity index (χ1n) is 35.7. The van der Waals surface area contributed by atoms with Crippen LogP contribution in [-0.4, -0.2) is 60.0 Å². The zero-order valence-corrected chi connectivity index (χ0v) is 58.9. The first kappa shape index (κ1) is 68.5. The number of rotatable bonds is 27. The van der Waals surface area contributed by atoms with Gasteiger partial charge in [0.2, 0.25) is 0 Å². The van der Waals surface area contributed by atoms with Gasteiger partial charge in [-0.2, -0.15) is 0 Å². The van der Waals surface area contributed by atoms with E-state index in [1.54, 1.807) is 0 Å². The van der Waals surface area contributed by atoms with E-state index in [-0.39, 0.29) is 0 Å². The minimum atomic E-state index is 0.609. The molecular weight excluding hydrogens is 1110 g/mol. The number of unbranched alkanes of at least 4 members (excludes halogenated alkanes) is 10. The van der Waals surface area contributed by atoms with Gasteiger partial charge >= 0.3 is 0 Å². The van der Waals surface area contributed by atoms with Crippen molar-refractivity contribution in [1.82, 2.24) is 45.2 Å². The van der Waals surface area contributed by atoms with Crippen LogP contribution in [0.5, 0.6) is 0 Å². The van der Waals surface area contributed by atoms with E-state index in [9.17, 15) is 0 Å². The molecule has 4 aliphatic rings. The number of aromatic nitrogens is 8. The second-order valence-electron chi connectivity index (χ2n) is 26.7. The van der Waals surface area contributed by atoms with Gasteiger partial charge in [-0.1, -0.05) is 106 Å². The molecule has 10 nitrogen and oxygen atoms in total. The topological polar surface area (TPSA) is 153 Å². The van der Waals surface area contributed by atoms with Crippen molar-refractivity contribution in [2.75, 3.05) is 20.1 Å². The minimum Gasteiger partial charge on any atom is -0.355 e. The number of aryl methyl sites for hydroxylation is 6. The summed E-state index contributed by atoms with van der Waals surface area (Å²) >= 11 is 0. The van der Waals surface area contributed by atoms with Gasteiger partial charge < -0.3 is 31.0 Å². The Kier molecular flexibility index (Phi) is 24.2. The average molecular weight is 1230 g/mol. The molecular formula is C81H112N10. The zero-order chi connectivity index (χ0) is 64.9. The minimum absolute atomic E-state index is 0.609. The highest BCUT2D eigenvalue weighted by atomic mass is 14.8. The molecule has 10 heterocycles. The number of aromatic amines is 4. The fourth-order valence-corrected chi connectivity index (χ4v) is 14.3. The molecule has 10 rings (SSSR count). The number of hydrogen-bond donors (Lipinski definition) is 6. The molecule has 0 amide bonds. The number of likely N-dealkylation sites (N-methyl/N-ethyl adjacent to an activating group) is 1. The Labute approximate surface area is 546 Å². The normalized spacial score (nSPS) is 13.4. The van der Waals surface area contributed by atoms with Gasteiger partial charge in [0.15, 0.2) is 0 Å². The van der Waals surface area contributed by atoms with E-state index < -0.39 is 0 Å². The molecule has 0 saturated carbocycles. The van der Waals surface area contributed by atoms with Crippen molar-refractivity contribution < 1.29 is 0 Å². The number of H-pyrrole nitrogens is 4. The van der Waals surface area contributed by atoms with Gasteiger partial charge in [0.25, 0.3) is 0 Å². The molecule has 0 fully saturated rings. The van der Waals surface area contributed by atoms with Gasteiger partial charge in [-0.05, 0) is 303 Å². The smallest absolute Gasteiger partial charge is 0.0693 e. The third kappa shape index (κ3) is 15.5. The summed E-state index contributed by atoms with van der Waals surface area (Å²) in [5.41, 5.74) is 45.6. The number of nitrogens with zero attached hydrogens (tertiary/aromatic N) is 4. The van der Waals surface area contributed by atoms with E-state index in [0.717, 1.165) is 120 Å². The Hall–Kier alpha value is -6.88. The van der Waals surface area contributed by atoms with Crippen LogP contribution >= 0.6 is 0 Å². The molecule has 10 heteroatoms.